The van der Waals surface area contributed by atoms with Crippen molar-refractivity contribution in [3.8, 4) is 5.75 Å². The van der Waals surface area contributed by atoms with Crippen LogP contribution in [0.25, 0.3) is 0 Å². The maximum atomic E-state index is 14.4. The maximum Gasteiger partial charge on any atom is 0.224 e. The molecule has 1 fully saturated rings. The molecule has 0 radical (unpaired) electrons. The fourth-order valence-corrected chi connectivity index (χ4v) is 5.40. The summed E-state index contributed by atoms with van der Waals surface area (Å²) in [5.74, 6) is 1.14. The molecule has 0 amide bonds. The van der Waals surface area contributed by atoms with Crippen LogP contribution in [0.1, 0.15) is 41.1 Å². The van der Waals surface area contributed by atoms with Crippen molar-refractivity contribution in [1.29, 1.82) is 0 Å². The SMILES string of the molecule is Cc1[nH]ncnc(NCc2c(F)ccc3c2CCO3)ncc1C1CCS(=O)(=O)CC1. The van der Waals surface area contributed by atoms with Gasteiger partial charge >= 0.3 is 0 Å². The zero-order valence-corrected chi connectivity index (χ0v) is 17.5. The van der Waals surface area contributed by atoms with E-state index in [0.29, 0.717) is 43.1 Å². The molecule has 0 atom stereocenters. The number of nitrogens with one attached hydrogen (secondary N) is 2. The van der Waals surface area contributed by atoms with Crippen LogP contribution in [0.2, 0.25) is 0 Å². The Morgan fingerprint density at radius 3 is 2.87 bits per heavy atom. The Hall–Kier alpha value is -2.75. The van der Waals surface area contributed by atoms with Crippen molar-refractivity contribution in [2.45, 2.75) is 38.6 Å². The minimum atomic E-state index is -2.95. The highest BCUT2D eigenvalue weighted by molar-refractivity contribution is 7.91. The lowest BCUT2D eigenvalue weighted by Crippen LogP contribution is -2.22. The molecule has 10 heteroatoms. The van der Waals surface area contributed by atoms with E-state index in [1.807, 2.05) is 6.92 Å². The van der Waals surface area contributed by atoms with Gasteiger partial charge < -0.3 is 10.1 Å². The molecule has 1 saturated heterocycles. The number of hydrogen-bond acceptors (Lipinski definition) is 7. The van der Waals surface area contributed by atoms with Crippen LogP contribution in [0.3, 0.4) is 0 Å². The predicted octanol–water partition coefficient (Wildman–Crippen LogP) is 2.61. The van der Waals surface area contributed by atoms with Gasteiger partial charge in [0, 0.05) is 36.0 Å². The summed E-state index contributed by atoms with van der Waals surface area (Å²) in [7, 11) is -2.95. The van der Waals surface area contributed by atoms with Gasteiger partial charge in [0.05, 0.1) is 18.1 Å². The Labute approximate surface area is 174 Å². The Kier molecular flexibility index (Phi) is 5.85. The quantitative estimate of drug-likeness (QED) is 0.763. The van der Waals surface area contributed by atoms with Crippen LogP contribution in [-0.4, -0.2) is 46.7 Å². The molecule has 4 rings (SSSR count). The van der Waals surface area contributed by atoms with Crippen molar-refractivity contribution in [2.24, 2.45) is 0 Å². The number of benzene rings is 1. The first-order valence-corrected chi connectivity index (χ1v) is 11.7. The lowest BCUT2D eigenvalue weighted by atomic mass is 9.94. The fraction of sp³-hybridized carbons (Fsp3) is 0.450. The molecule has 1 aromatic carbocycles. The first kappa shape index (κ1) is 20.5. The number of halogens is 1. The van der Waals surface area contributed by atoms with Crippen molar-refractivity contribution in [3.05, 3.63) is 52.9 Å². The topological polar surface area (TPSA) is 110 Å². The molecule has 0 spiro atoms. The van der Waals surface area contributed by atoms with Crippen molar-refractivity contribution >= 4 is 15.8 Å². The molecule has 2 aliphatic rings. The molecule has 0 saturated carbocycles. The number of hydrogen-bond donors (Lipinski definition) is 2. The second kappa shape index (κ2) is 8.55. The highest BCUT2D eigenvalue weighted by Crippen LogP contribution is 2.31. The monoisotopic (exact) mass is 433 g/mol. The number of ether oxygens (including phenoxy) is 1. The van der Waals surface area contributed by atoms with E-state index in [1.165, 1.54) is 12.4 Å². The van der Waals surface area contributed by atoms with E-state index in [0.717, 1.165) is 16.8 Å². The third-order valence-electron chi connectivity index (χ3n) is 5.59. The normalized spacial score (nSPS) is 17.7. The summed E-state index contributed by atoms with van der Waals surface area (Å²) in [6.45, 7) is 2.64. The number of sulfone groups is 1. The zero-order chi connectivity index (χ0) is 21.1. The third-order valence-corrected chi connectivity index (χ3v) is 7.30. The average molecular weight is 434 g/mol. The standard InChI is InChI=1S/C20H24FN5O3S/c1-13-16(14-5-8-30(27,28)9-6-14)10-22-20(24-12-25-26-13)23-11-17-15-4-7-29-19(15)3-2-18(17)21/h2-3,10,12,14,26H,4-9,11H2,1H3,(H,23,24,25). The molecule has 160 valence electrons. The van der Waals surface area contributed by atoms with E-state index in [1.54, 1.807) is 12.3 Å². The highest BCUT2D eigenvalue weighted by Gasteiger charge is 2.26. The highest BCUT2D eigenvalue weighted by atomic mass is 32.2. The molecule has 0 aliphatic carbocycles. The molecule has 0 unspecified atom stereocenters. The van der Waals surface area contributed by atoms with Crippen LogP contribution in [0, 0.1) is 12.7 Å². The Bertz CT molecular complexity index is 1090. The zero-order valence-electron chi connectivity index (χ0n) is 16.7. The molecule has 2 aromatic rings. The van der Waals surface area contributed by atoms with Gasteiger partial charge in [-0.1, -0.05) is 0 Å². The van der Waals surface area contributed by atoms with Crippen LogP contribution < -0.4 is 10.1 Å². The van der Waals surface area contributed by atoms with Crippen LogP contribution in [0.4, 0.5) is 10.3 Å². The van der Waals surface area contributed by atoms with Crippen LogP contribution in [0.5, 0.6) is 5.75 Å². The lowest BCUT2D eigenvalue weighted by molar-refractivity contribution is 0.356. The molecule has 0 bridgehead atoms. The summed E-state index contributed by atoms with van der Waals surface area (Å²) in [5, 5.41) is 10.1. The Morgan fingerprint density at radius 2 is 2.07 bits per heavy atom. The molecule has 8 nitrogen and oxygen atoms in total. The number of nitrogens with zero attached hydrogens (tertiary/aromatic N) is 3. The van der Waals surface area contributed by atoms with Gasteiger partial charge in [0.15, 0.2) is 0 Å². The number of rotatable bonds is 4. The van der Waals surface area contributed by atoms with E-state index < -0.39 is 9.84 Å². The molecular formula is C20H24FN5O3S. The smallest absolute Gasteiger partial charge is 0.224 e. The van der Waals surface area contributed by atoms with Gasteiger partial charge in [-0.05, 0) is 43.4 Å². The molecule has 30 heavy (non-hydrogen) atoms. The number of aromatic amines is 1. The number of fused-ring (bicyclic) bond motifs is 1. The van der Waals surface area contributed by atoms with Crippen molar-refractivity contribution < 1.29 is 17.5 Å². The number of H-pyrrole nitrogens is 1. The molecule has 1 aromatic heterocycles. The molecule has 2 N–H and O–H groups in total. The lowest BCUT2D eigenvalue weighted by Gasteiger charge is -2.22. The van der Waals surface area contributed by atoms with Gasteiger partial charge in [0.1, 0.15) is 27.7 Å². The van der Waals surface area contributed by atoms with Crippen LogP contribution in [-0.2, 0) is 22.8 Å². The molecule has 2 aliphatic heterocycles. The molecule has 3 heterocycles. The fourth-order valence-electron chi connectivity index (χ4n) is 3.91. The summed E-state index contributed by atoms with van der Waals surface area (Å²) in [4.78, 5) is 8.64. The summed E-state index contributed by atoms with van der Waals surface area (Å²) in [6, 6.07) is 3.06. The summed E-state index contributed by atoms with van der Waals surface area (Å²) in [6.07, 6.45) is 4.80. The number of aryl methyl sites for hydroxylation is 1. The van der Waals surface area contributed by atoms with Gasteiger partial charge in [-0.15, -0.1) is 0 Å². The second-order valence-electron chi connectivity index (χ2n) is 7.53. The van der Waals surface area contributed by atoms with Gasteiger partial charge in [-0.25, -0.2) is 17.8 Å². The minimum Gasteiger partial charge on any atom is -0.493 e. The number of anilines is 1. The Balaban J connectivity index is 1.58. The van der Waals surface area contributed by atoms with E-state index in [2.05, 4.69) is 25.5 Å². The van der Waals surface area contributed by atoms with Gasteiger partial charge in [0.25, 0.3) is 0 Å². The first-order chi connectivity index (χ1) is 14.4. The van der Waals surface area contributed by atoms with E-state index in [-0.39, 0.29) is 29.8 Å². The summed E-state index contributed by atoms with van der Waals surface area (Å²) in [5.41, 5.74) is 3.12. The maximum absolute atomic E-state index is 14.4. The average Bonchev–Trinajstić information content (AvgIpc) is 3.21. The molecular weight excluding hydrogens is 409 g/mol. The predicted molar refractivity (Wildman–Crippen MR) is 110 cm³/mol. The van der Waals surface area contributed by atoms with Crippen molar-refractivity contribution in [1.82, 2.24) is 20.2 Å². The van der Waals surface area contributed by atoms with E-state index in [9.17, 15) is 12.8 Å². The summed E-state index contributed by atoms with van der Waals surface area (Å²) < 4.78 is 43.4. The van der Waals surface area contributed by atoms with Crippen LogP contribution in [0.15, 0.2) is 24.7 Å². The van der Waals surface area contributed by atoms with E-state index in [4.69, 9.17) is 4.74 Å². The van der Waals surface area contributed by atoms with E-state index >= 15 is 0 Å². The van der Waals surface area contributed by atoms with Crippen molar-refractivity contribution in [3.63, 3.8) is 0 Å². The second-order valence-corrected chi connectivity index (χ2v) is 9.83. The van der Waals surface area contributed by atoms with Gasteiger partial charge in [-0.3, -0.25) is 5.10 Å². The third kappa shape index (κ3) is 4.53. The van der Waals surface area contributed by atoms with Crippen LogP contribution >= 0.6 is 0 Å². The largest absolute Gasteiger partial charge is 0.493 e. The van der Waals surface area contributed by atoms with Crippen molar-refractivity contribution in [2.75, 3.05) is 23.4 Å². The first-order valence-electron chi connectivity index (χ1n) is 9.90. The Morgan fingerprint density at radius 1 is 1.27 bits per heavy atom. The number of aromatic nitrogens is 4. The minimum absolute atomic E-state index is 0.0753. The summed E-state index contributed by atoms with van der Waals surface area (Å²) >= 11 is 0. The van der Waals surface area contributed by atoms with Gasteiger partial charge in [-0.2, -0.15) is 10.1 Å². The van der Waals surface area contributed by atoms with Gasteiger partial charge in [0.2, 0.25) is 5.95 Å².